The Labute approximate surface area is 94.3 Å². The van der Waals surface area contributed by atoms with Crippen LogP contribution in [0.15, 0.2) is 0 Å². The van der Waals surface area contributed by atoms with Crippen molar-refractivity contribution in [3.63, 3.8) is 0 Å². The summed E-state index contributed by atoms with van der Waals surface area (Å²) in [7, 11) is 2.41. The van der Waals surface area contributed by atoms with Gasteiger partial charge in [-0.15, -0.1) is 0 Å². The van der Waals surface area contributed by atoms with Crippen LogP contribution < -0.4 is 11.5 Å². The number of rotatable bonds is 7. The fourth-order valence-corrected chi connectivity index (χ4v) is 2.61. The highest BCUT2D eigenvalue weighted by atomic mass is 33.1. The summed E-state index contributed by atoms with van der Waals surface area (Å²) in [5.74, 6) is -1.68. The summed E-state index contributed by atoms with van der Waals surface area (Å²) < 4.78 is 0. The van der Waals surface area contributed by atoms with Crippen LogP contribution in [-0.2, 0) is 15.1 Å². The Balaban J connectivity index is 0. The number of nitrogens with two attached hydrogens (primary N) is 2. The Hall–Kier alpha value is -0.480. The highest BCUT2D eigenvalue weighted by Crippen LogP contribution is 2.22. The molecule has 0 heterocycles. The first-order valence-electron chi connectivity index (χ1n) is 3.66. The molecule has 0 spiro atoms. The second-order valence-corrected chi connectivity index (χ2v) is 5.01. The molecule has 2 atom stereocenters. The summed E-state index contributed by atoms with van der Waals surface area (Å²) in [4.78, 5) is 20.5. The van der Waals surface area contributed by atoms with Gasteiger partial charge in [-0.3, -0.25) is 9.59 Å². The van der Waals surface area contributed by atoms with E-state index in [-0.39, 0.29) is 17.0 Å². The predicted octanol–water partition coefficient (Wildman–Crippen LogP) is -0.927. The minimum absolute atomic E-state index is 0. The van der Waals surface area contributed by atoms with Crippen LogP contribution in [0, 0.1) is 0 Å². The highest BCUT2D eigenvalue weighted by Gasteiger charge is 2.14. The van der Waals surface area contributed by atoms with E-state index in [0.29, 0.717) is 0 Å². The molecular formula is C6H12N2O5S2. The van der Waals surface area contributed by atoms with Gasteiger partial charge in [0, 0.05) is 17.0 Å². The van der Waals surface area contributed by atoms with E-state index in [1.165, 1.54) is 21.6 Å². The van der Waals surface area contributed by atoms with Crippen molar-refractivity contribution in [2.45, 2.75) is 12.1 Å². The fraction of sp³-hybridized carbons (Fsp3) is 0.667. The van der Waals surface area contributed by atoms with Crippen LogP contribution in [0.1, 0.15) is 0 Å². The summed E-state index contributed by atoms with van der Waals surface area (Å²) in [5.41, 5.74) is 10.4. The summed E-state index contributed by atoms with van der Waals surface area (Å²) >= 11 is 0. The maximum absolute atomic E-state index is 10.3. The van der Waals surface area contributed by atoms with Crippen LogP contribution in [0.25, 0.3) is 0 Å². The van der Waals surface area contributed by atoms with Crippen LogP contribution in [0.3, 0.4) is 0 Å². The normalized spacial score (nSPS) is 13.7. The summed E-state index contributed by atoms with van der Waals surface area (Å²) in [6.07, 6.45) is 0. The molecule has 0 rings (SSSR count). The maximum atomic E-state index is 10.3. The second-order valence-electron chi connectivity index (χ2n) is 2.46. The summed E-state index contributed by atoms with van der Waals surface area (Å²) in [5, 5.41) is 16.8. The standard InChI is InChI=1S/C6H12N2O4S2.O/c7-3(5(9)10)1-13-14-2-4(8)6(11)12;/h3-4H,1-2,7-8H2,(H,9,10)(H,11,12);/t3-,4-;/m0./s1. The van der Waals surface area contributed by atoms with Gasteiger partial charge < -0.3 is 21.7 Å². The zero-order chi connectivity index (χ0) is 11.1. The van der Waals surface area contributed by atoms with Crippen LogP contribution in [0.4, 0.5) is 0 Å². The molecule has 0 aliphatic rings. The molecule has 6 N–H and O–H groups in total. The average Bonchev–Trinajstić information content (AvgIpc) is 2.11. The summed E-state index contributed by atoms with van der Waals surface area (Å²) in [6.45, 7) is 0. The number of carbonyl (C=O) groups is 2. The highest BCUT2D eigenvalue weighted by molar-refractivity contribution is 8.76. The van der Waals surface area contributed by atoms with Crippen molar-refractivity contribution in [1.29, 1.82) is 0 Å². The fourth-order valence-electron chi connectivity index (χ4n) is 0.385. The molecular weight excluding hydrogens is 244 g/mol. The van der Waals surface area contributed by atoms with Crippen molar-refractivity contribution in [1.82, 2.24) is 0 Å². The lowest BCUT2D eigenvalue weighted by Gasteiger charge is -2.07. The van der Waals surface area contributed by atoms with E-state index in [1.807, 2.05) is 0 Å². The average molecular weight is 256 g/mol. The number of aliphatic carboxylic acids is 2. The van der Waals surface area contributed by atoms with Gasteiger partial charge in [-0.1, -0.05) is 21.6 Å². The zero-order valence-electron chi connectivity index (χ0n) is 7.66. The molecule has 88 valence electrons. The number of hydrogen-bond donors (Lipinski definition) is 4. The lowest BCUT2D eigenvalue weighted by molar-refractivity contribution is -0.138. The van der Waals surface area contributed by atoms with Gasteiger partial charge in [0.25, 0.3) is 0 Å². The number of carboxylic acids is 2. The monoisotopic (exact) mass is 256 g/mol. The van der Waals surface area contributed by atoms with Crippen LogP contribution >= 0.6 is 21.6 Å². The first-order chi connectivity index (χ1) is 6.45. The van der Waals surface area contributed by atoms with E-state index in [0.717, 1.165) is 0 Å². The Morgan fingerprint density at radius 3 is 1.47 bits per heavy atom. The third kappa shape index (κ3) is 8.51. The van der Waals surface area contributed by atoms with Crippen LogP contribution in [-0.4, -0.2) is 45.7 Å². The molecule has 0 bridgehead atoms. The molecule has 7 nitrogen and oxygen atoms in total. The van der Waals surface area contributed by atoms with Gasteiger partial charge in [0.1, 0.15) is 12.1 Å². The van der Waals surface area contributed by atoms with Crippen molar-refractivity contribution < 1.29 is 25.3 Å². The lowest BCUT2D eigenvalue weighted by Crippen LogP contribution is -2.33. The van der Waals surface area contributed by atoms with Gasteiger partial charge in [0.2, 0.25) is 0 Å². The number of hydrogen-bond acceptors (Lipinski definition) is 6. The molecule has 0 aliphatic heterocycles. The van der Waals surface area contributed by atoms with Crippen LogP contribution in [0.2, 0.25) is 0 Å². The molecule has 9 heteroatoms. The van der Waals surface area contributed by atoms with E-state index in [1.54, 1.807) is 0 Å². The Bertz CT molecular complexity index is 194. The quantitative estimate of drug-likeness (QED) is 0.336. The predicted molar refractivity (Wildman–Crippen MR) is 56.8 cm³/mol. The van der Waals surface area contributed by atoms with Crippen molar-refractivity contribution in [3.05, 3.63) is 0 Å². The van der Waals surface area contributed by atoms with E-state index in [2.05, 4.69) is 0 Å². The molecule has 15 heavy (non-hydrogen) atoms. The SMILES string of the molecule is N[C@@H](CSSC[C@H](N)C(=O)O)C(=O)O.[O]. The molecule has 0 aromatic carbocycles. The topological polar surface area (TPSA) is 155 Å². The molecule has 0 aliphatic carbocycles. The number of carboxylic acid groups (broad SMARTS) is 2. The third-order valence-electron chi connectivity index (χ3n) is 1.21. The van der Waals surface area contributed by atoms with E-state index in [4.69, 9.17) is 21.7 Å². The van der Waals surface area contributed by atoms with Gasteiger partial charge >= 0.3 is 11.9 Å². The molecule has 0 aromatic heterocycles. The van der Waals surface area contributed by atoms with Gasteiger partial charge in [0.15, 0.2) is 0 Å². The summed E-state index contributed by atoms with van der Waals surface area (Å²) in [6, 6.07) is -1.85. The van der Waals surface area contributed by atoms with E-state index in [9.17, 15) is 9.59 Å². The van der Waals surface area contributed by atoms with Gasteiger partial charge in [-0.05, 0) is 0 Å². The van der Waals surface area contributed by atoms with Crippen molar-refractivity contribution >= 4 is 33.5 Å². The second kappa shape index (κ2) is 8.80. The molecule has 0 unspecified atom stereocenters. The molecule has 0 amide bonds. The van der Waals surface area contributed by atoms with Gasteiger partial charge in [-0.25, -0.2) is 0 Å². The van der Waals surface area contributed by atoms with Crippen molar-refractivity contribution in [3.8, 4) is 0 Å². The smallest absolute Gasteiger partial charge is 0.321 e. The van der Waals surface area contributed by atoms with Gasteiger partial charge in [-0.2, -0.15) is 0 Å². The molecule has 0 saturated carbocycles. The minimum Gasteiger partial charge on any atom is -0.480 e. The van der Waals surface area contributed by atoms with E-state index >= 15 is 0 Å². The Morgan fingerprint density at radius 1 is 1.00 bits per heavy atom. The molecule has 0 aromatic rings. The van der Waals surface area contributed by atoms with Crippen molar-refractivity contribution in [2.75, 3.05) is 11.5 Å². The molecule has 0 fully saturated rings. The first-order valence-corrected chi connectivity index (χ1v) is 6.15. The first kappa shape index (κ1) is 16.9. The van der Waals surface area contributed by atoms with E-state index < -0.39 is 24.0 Å². The largest absolute Gasteiger partial charge is 0.480 e. The third-order valence-corrected chi connectivity index (χ3v) is 3.69. The lowest BCUT2D eigenvalue weighted by atomic mass is 10.4. The zero-order valence-corrected chi connectivity index (χ0v) is 9.29. The van der Waals surface area contributed by atoms with Crippen molar-refractivity contribution in [2.24, 2.45) is 11.5 Å². The van der Waals surface area contributed by atoms with Crippen LogP contribution in [0.5, 0.6) is 0 Å². The van der Waals surface area contributed by atoms with Gasteiger partial charge in [0.05, 0.1) is 0 Å². The maximum Gasteiger partial charge on any atom is 0.321 e. The molecule has 2 radical (unpaired) electrons. The Morgan fingerprint density at radius 2 is 1.27 bits per heavy atom. The Kier molecular flexibility index (Phi) is 9.93. The minimum atomic E-state index is -1.07. The molecule has 0 saturated heterocycles.